The highest BCUT2D eigenvalue weighted by Crippen LogP contribution is 2.36. The number of hydrogen-bond acceptors (Lipinski definition) is 6. The van der Waals surface area contributed by atoms with Crippen molar-refractivity contribution >= 4 is 29.4 Å². The molecule has 2 aromatic rings. The monoisotopic (exact) mass is 467 g/mol. The molecule has 3 aliphatic rings. The smallest absolute Gasteiger partial charge is 0.256 e. The van der Waals surface area contributed by atoms with Gasteiger partial charge in [-0.15, -0.1) is 0 Å². The minimum atomic E-state index is -0.867. The van der Waals surface area contributed by atoms with E-state index in [9.17, 15) is 9.90 Å². The van der Waals surface area contributed by atoms with E-state index in [1.54, 1.807) is 23.2 Å². The molecule has 176 valence electrons. The Hall–Kier alpha value is -3.90. The van der Waals surface area contributed by atoms with Gasteiger partial charge in [-0.1, -0.05) is 12.1 Å². The number of rotatable bonds is 4. The van der Waals surface area contributed by atoms with Gasteiger partial charge in [-0.25, -0.2) is 9.48 Å². The molecule has 1 fully saturated rings. The van der Waals surface area contributed by atoms with Crippen LogP contribution in [0.4, 0.5) is 0 Å². The molecule has 1 amide bonds. The lowest BCUT2D eigenvalue weighted by Crippen LogP contribution is -2.50. The van der Waals surface area contributed by atoms with E-state index in [-0.39, 0.29) is 12.5 Å². The van der Waals surface area contributed by atoms with Crippen molar-refractivity contribution in [1.29, 1.82) is 5.26 Å². The molecule has 5 rings (SSSR count). The van der Waals surface area contributed by atoms with Crippen LogP contribution in [-0.4, -0.2) is 64.7 Å². The summed E-state index contributed by atoms with van der Waals surface area (Å²) in [6.07, 6.45) is 6.64. The first-order valence-electron chi connectivity index (χ1n) is 11.6. The largest absolute Gasteiger partial charge is 0.388 e. The minimum absolute atomic E-state index is 0.0456. The molecule has 8 heteroatoms. The zero-order chi connectivity index (χ0) is 24.6. The highest BCUT2D eigenvalue weighted by molar-refractivity contribution is 6.30. The highest BCUT2D eigenvalue weighted by atomic mass is 16.3. The van der Waals surface area contributed by atoms with Crippen molar-refractivity contribution in [2.45, 2.75) is 18.4 Å². The van der Waals surface area contributed by atoms with Gasteiger partial charge in [-0.05, 0) is 49.2 Å². The molecular weight excluding hydrogens is 440 g/mol. The van der Waals surface area contributed by atoms with Crippen molar-refractivity contribution in [1.82, 2.24) is 4.90 Å². The lowest BCUT2D eigenvalue weighted by Gasteiger charge is -2.37. The number of quaternary nitrogens is 1. The lowest BCUT2D eigenvalue weighted by molar-refractivity contribution is -0.678. The molecule has 0 aliphatic carbocycles. The predicted molar refractivity (Wildman–Crippen MR) is 135 cm³/mol. The Morgan fingerprint density at radius 3 is 2.43 bits per heavy atom. The average molecular weight is 468 g/mol. The number of aliphatic imine (C=N–C) groups is 2. The van der Waals surface area contributed by atoms with Gasteiger partial charge in [0.05, 0.1) is 30.5 Å². The van der Waals surface area contributed by atoms with Crippen LogP contribution in [0.1, 0.15) is 39.9 Å². The van der Waals surface area contributed by atoms with Crippen LogP contribution in [0.3, 0.4) is 0 Å². The Labute approximate surface area is 204 Å². The average Bonchev–Trinajstić information content (AvgIpc) is 3.25. The second-order valence-corrected chi connectivity index (χ2v) is 9.34. The van der Waals surface area contributed by atoms with Gasteiger partial charge in [0.25, 0.3) is 11.7 Å². The van der Waals surface area contributed by atoms with Crippen molar-refractivity contribution in [3.63, 3.8) is 0 Å². The maximum atomic E-state index is 13.0. The number of carbonyl (C=O) groups excluding carboxylic acids is 1. The van der Waals surface area contributed by atoms with Gasteiger partial charge in [-0.2, -0.15) is 10.3 Å². The van der Waals surface area contributed by atoms with E-state index in [1.807, 2.05) is 48.8 Å². The molecule has 3 heterocycles. The van der Waals surface area contributed by atoms with E-state index >= 15 is 0 Å². The Morgan fingerprint density at radius 2 is 1.80 bits per heavy atom. The van der Waals surface area contributed by atoms with E-state index < -0.39 is 5.60 Å². The molecule has 1 unspecified atom stereocenters. The summed E-state index contributed by atoms with van der Waals surface area (Å²) in [7, 11) is 2.05. The fraction of sp³-hybridized carbons (Fsp3) is 0.259. The number of carbonyl (C=O) groups is 1. The van der Waals surface area contributed by atoms with Gasteiger partial charge >= 0.3 is 0 Å². The summed E-state index contributed by atoms with van der Waals surface area (Å²) >= 11 is 0. The van der Waals surface area contributed by atoms with E-state index in [2.05, 4.69) is 23.1 Å². The summed E-state index contributed by atoms with van der Waals surface area (Å²) in [6.45, 7) is 1.20. The molecule has 3 aliphatic heterocycles. The minimum Gasteiger partial charge on any atom is -0.388 e. The standard InChI is InChI=1S/C27H27N6O2/c1-33-17-23(30-16-25(33)31-15-24(33)21-4-2-19(14-28)3-5-21)20-6-8-22(9-7-20)26(34)32-12-10-27(35,18-29)11-13-32/h2-9,15-17,35H,10-13,18,29H2,1H3/q+1. The van der Waals surface area contributed by atoms with E-state index in [0.29, 0.717) is 41.5 Å². The van der Waals surface area contributed by atoms with Crippen LogP contribution in [-0.2, 0) is 0 Å². The molecule has 1 atom stereocenters. The number of benzene rings is 2. The molecule has 3 N–H and O–H groups in total. The summed E-state index contributed by atoms with van der Waals surface area (Å²) in [6, 6.07) is 17.1. The van der Waals surface area contributed by atoms with Gasteiger partial charge in [0.15, 0.2) is 5.70 Å². The predicted octanol–water partition coefficient (Wildman–Crippen LogP) is 2.72. The third-order valence-corrected chi connectivity index (χ3v) is 7.09. The Bertz CT molecular complexity index is 1320. The van der Waals surface area contributed by atoms with Crippen molar-refractivity contribution in [3.05, 3.63) is 83.2 Å². The fourth-order valence-electron chi connectivity index (χ4n) is 4.69. The van der Waals surface area contributed by atoms with E-state index in [0.717, 1.165) is 28.4 Å². The normalized spacial score (nSPS) is 22.6. The summed E-state index contributed by atoms with van der Waals surface area (Å²) in [4.78, 5) is 23.9. The quantitative estimate of drug-likeness (QED) is 0.673. The Kier molecular flexibility index (Phi) is 5.69. The summed E-state index contributed by atoms with van der Waals surface area (Å²) < 4.78 is 0.364. The van der Waals surface area contributed by atoms with Gasteiger partial charge in [0.2, 0.25) is 0 Å². The topological polar surface area (TPSA) is 115 Å². The second-order valence-electron chi connectivity index (χ2n) is 9.34. The number of likely N-dealkylation sites (tertiary alicyclic amines) is 1. The highest BCUT2D eigenvalue weighted by Gasteiger charge is 2.40. The first-order valence-corrected chi connectivity index (χ1v) is 11.6. The number of amidine groups is 1. The first-order chi connectivity index (χ1) is 16.8. The van der Waals surface area contributed by atoms with E-state index in [1.165, 1.54) is 0 Å². The fourth-order valence-corrected chi connectivity index (χ4v) is 4.69. The number of fused-ring (bicyclic) bond motifs is 1. The van der Waals surface area contributed by atoms with Crippen LogP contribution in [0.15, 0.2) is 70.9 Å². The lowest BCUT2D eigenvalue weighted by atomic mass is 9.91. The molecule has 0 spiro atoms. The number of aliphatic hydroxyl groups is 1. The second kappa shape index (κ2) is 8.71. The molecular formula is C27H27N6O2+. The van der Waals surface area contributed by atoms with Crippen molar-refractivity contribution in [2.24, 2.45) is 15.7 Å². The molecule has 0 saturated carbocycles. The molecule has 35 heavy (non-hydrogen) atoms. The molecule has 0 aromatic heterocycles. The van der Waals surface area contributed by atoms with Gasteiger partial charge in [0.1, 0.15) is 18.1 Å². The summed E-state index contributed by atoms with van der Waals surface area (Å²) in [5.41, 5.74) is 9.68. The van der Waals surface area contributed by atoms with Crippen LogP contribution in [0.5, 0.6) is 0 Å². The Morgan fingerprint density at radius 1 is 1.14 bits per heavy atom. The molecule has 0 bridgehead atoms. The van der Waals surface area contributed by atoms with Gasteiger partial charge in [-0.3, -0.25) is 4.79 Å². The molecule has 1 saturated heterocycles. The number of nitrogens with two attached hydrogens (primary N) is 1. The zero-order valence-electron chi connectivity index (χ0n) is 19.6. The van der Waals surface area contributed by atoms with Crippen LogP contribution in [0, 0.1) is 11.3 Å². The summed E-state index contributed by atoms with van der Waals surface area (Å²) in [5.74, 6) is 0.762. The van der Waals surface area contributed by atoms with Crippen LogP contribution < -0.4 is 5.73 Å². The molecule has 8 nitrogen and oxygen atoms in total. The van der Waals surface area contributed by atoms with E-state index in [4.69, 9.17) is 11.0 Å². The van der Waals surface area contributed by atoms with Crippen LogP contribution in [0.2, 0.25) is 0 Å². The van der Waals surface area contributed by atoms with Gasteiger partial charge in [0, 0.05) is 36.3 Å². The van der Waals surface area contributed by atoms with Crippen LogP contribution in [0.25, 0.3) is 11.4 Å². The van der Waals surface area contributed by atoms with Crippen molar-refractivity contribution in [2.75, 3.05) is 26.7 Å². The van der Waals surface area contributed by atoms with Crippen molar-refractivity contribution < 1.29 is 14.4 Å². The van der Waals surface area contributed by atoms with Crippen LogP contribution >= 0.6 is 0 Å². The maximum absolute atomic E-state index is 13.0. The number of amides is 1. The van der Waals surface area contributed by atoms with Crippen molar-refractivity contribution in [3.8, 4) is 6.07 Å². The number of nitrogens with zero attached hydrogens (tertiary/aromatic N) is 5. The van der Waals surface area contributed by atoms with Gasteiger partial charge < -0.3 is 15.7 Å². The molecule has 2 aromatic carbocycles. The third-order valence-electron chi connectivity index (χ3n) is 7.09. The SMILES string of the molecule is C[N+]12C=C(c3ccc(C(=O)N4CCC(O)(CN)CC4)cc3)N=CC1=NC=C2c1ccc(C#N)cc1. The number of nitriles is 1. The Balaban J connectivity index is 1.35. The first kappa shape index (κ1) is 22.9. The molecule has 0 radical (unpaired) electrons. The zero-order valence-corrected chi connectivity index (χ0v) is 19.6. The number of hydrogen-bond donors (Lipinski definition) is 2. The maximum Gasteiger partial charge on any atom is 0.256 e. The summed E-state index contributed by atoms with van der Waals surface area (Å²) in [5, 5.41) is 19.4. The third kappa shape index (κ3) is 4.10. The number of piperidine rings is 1.